The standard InChI is InChI=1S/C18H29N3O/c1-14(2)21-11-9-15(10-12-21)13-19-18(22)16-5-7-17(8-6-16)20(3)4/h5-8,14-15H,9-13H2,1-4H3,(H,19,22). The van der Waals surface area contributed by atoms with Gasteiger partial charge in [-0.1, -0.05) is 0 Å². The van der Waals surface area contributed by atoms with Gasteiger partial charge in [0.15, 0.2) is 0 Å². The van der Waals surface area contributed by atoms with Crippen LogP contribution in [0.4, 0.5) is 5.69 Å². The van der Waals surface area contributed by atoms with Gasteiger partial charge >= 0.3 is 0 Å². The van der Waals surface area contributed by atoms with Crippen molar-refractivity contribution in [1.82, 2.24) is 10.2 Å². The molecule has 1 amide bonds. The number of benzene rings is 1. The van der Waals surface area contributed by atoms with E-state index in [1.807, 2.05) is 43.3 Å². The smallest absolute Gasteiger partial charge is 0.251 e. The van der Waals surface area contributed by atoms with Crippen molar-refractivity contribution in [2.75, 3.05) is 38.6 Å². The Morgan fingerprint density at radius 2 is 1.82 bits per heavy atom. The zero-order chi connectivity index (χ0) is 16.1. The summed E-state index contributed by atoms with van der Waals surface area (Å²) < 4.78 is 0. The van der Waals surface area contributed by atoms with Gasteiger partial charge in [0, 0.05) is 37.9 Å². The molecule has 0 unspecified atom stereocenters. The Hall–Kier alpha value is -1.55. The van der Waals surface area contributed by atoms with Crippen LogP contribution in [0.1, 0.15) is 37.0 Å². The van der Waals surface area contributed by atoms with E-state index < -0.39 is 0 Å². The third kappa shape index (κ3) is 4.47. The van der Waals surface area contributed by atoms with Gasteiger partial charge in [-0.25, -0.2) is 0 Å². The summed E-state index contributed by atoms with van der Waals surface area (Å²) in [6.45, 7) is 7.59. The molecular formula is C18H29N3O. The number of nitrogens with one attached hydrogen (secondary N) is 1. The highest BCUT2D eigenvalue weighted by Gasteiger charge is 2.21. The molecule has 1 saturated heterocycles. The van der Waals surface area contributed by atoms with Crippen molar-refractivity contribution in [3.8, 4) is 0 Å². The fraction of sp³-hybridized carbons (Fsp3) is 0.611. The van der Waals surface area contributed by atoms with E-state index in [-0.39, 0.29) is 5.91 Å². The minimum absolute atomic E-state index is 0.0385. The Labute approximate surface area is 134 Å². The first-order valence-electron chi connectivity index (χ1n) is 8.27. The van der Waals surface area contributed by atoms with Crippen LogP contribution in [0.15, 0.2) is 24.3 Å². The topological polar surface area (TPSA) is 35.6 Å². The summed E-state index contributed by atoms with van der Waals surface area (Å²) in [6, 6.07) is 8.38. The van der Waals surface area contributed by atoms with Gasteiger partial charge < -0.3 is 15.1 Å². The Bertz CT molecular complexity index is 474. The molecule has 1 aliphatic rings. The number of amides is 1. The van der Waals surface area contributed by atoms with Gasteiger partial charge in [0.1, 0.15) is 0 Å². The number of anilines is 1. The molecule has 0 saturated carbocycles. The number of hydrogen-bond donors (Lipinski definition) is 1. The van der Waals surface area contributed by atoms with Crippen LogP contribution in [0.3, 0.4) is 0 Å². The Kier molecular flexibility index (Phi) is 5.83. The third-order valence-electron chi connectivity index (χ3n) is 4.58. The monoisotopic (exact) mass is 303 g/mol. The minimum Gasteiger partial charge on any atom is -0.378 e. The van der Waals surface area contributed by atoms with E-state index >= 15 is 0 Å². The lowest BCUT2D eigenvalue weighted by Crippen LogP contribution is -2.41. The van der Waals surface area contributed by atoms with Crippen LogP contribution >= 0.6 is 0 Å². The fourth-order valence-corrected chi connectivity index (χ4v) is 2.92. The summed E-state index contributed by atoms with van der Waals surface area (Å²) in [7, 11) is 4.00. The molecule has 1 aromatic carbocycles. The lowest BCUT2D eigenvalue weighted by Gasteiger charge is -2.34. The quantitative estimate of drug-likeness (QED) is 0.908. The van der Waals surface area contributed by atoms with Gasteiger partial charge in [-0.05, 0) is 70.0 Å². The van der Waals surface area contributed by atoms with Gasteiger partial charge in [-0.2, -0.15) is 0 Å². The molecule has 0 radical (unpaired) electrons. The first-order valence-corrected chi connectivity index (χ1v) is 8.27. The molecule has 1 aliphatic heterocycles. The third-order valence-corrected chi connectivity index (χ3v) is 4.58. The van der Waals surface area contributed by atoms with E-state index in [1.54, 1.807) is 0 Å². The number of likely N-dealkylation sites (tertiary alicyclic amines) is 1. The van der Waals surface area contributed by atoms with E-state index in [0.29, 0.717) is 12.0 Å². The molecule has 1 aromatic rings. The molecule has 122 valence electrons. The highest BCUT2D eigenvalue weighted by atomic mass is 16.1. The van der Waals surface area contributed by atoms with Crippen LogP contribution in [0.2, 0.25) is 0 Å². The van der Waals surface area contributed by atoms with Crippen molar-refractivity contribution in [2.24, 2.45) is 5.92 Å². The maximum atomic E-state index is 12.2. The van der Waals surface area contributed by atoms with Crippen LogP contribution in [0.5, 0.6) is 0 Å². The molecule has 0 aromatic heterocycles. The molecule has 0 spiro atoms. The molecule has 4 nitrogen and oxygen atoms in total. The van der Waals surface area contributed by atoms with E-state index in [9.17, 15) is 4.79 Å². The number of carbonyl (C=O) groups is 1. The largest absolute Gasteiger partial charge is 0.378 e. The maximum absolute atomic E-state index is 12.2. The second-order valence-corrected chi connectivity index (χ2v) is 6.72. The molecule has 0 aliphatic carbocycles. The highest BCUT2D eigenvalue weighted by Crippen LogP contribution is 2.18. The summed E-state index contributed by atoms with van der Waals surface area (Å²) >= 11 is 0. The van der Waals surface area contributed by atoms with E-state index in [2.05, 4.69) is 24.1 Å². The van der Waals surface area contributed by atoms with Crippen molar-refractivity contribution in [3.05, 3.63) is 29.8 Å². The first-order chi connectivity index (χ1) is 10.5. The lowest BCUT2D eigenvalue weighted by atomic mass is 9.96. The number of nitrogens with zero attached hydrogens (tertiary/aromatic N) is 2. The molecule has 22 heavy (non-hydrogen) atoms. The van der Waals surface area contributed by atoms with Crippen LogP contribution < -0.4 is 10.2 Å². The Balaban J connectivity index is 1.78. The normalized spacial score (nSPS) is 16.8. The average Bonchev–Trinajstić information content (AvgIpc) is 2.53. The van der Waals surface area contributed by atoms with Crippen molar-refractivity contribution in [1.29, 1.82) is 0 Å². The highest BCUT2D eigenvalue weighted by molar-refractivity contribution is 5.94. The summed E-state index contributed by atoms with van der Waals surface area (Å²) in [5, 5.41) is 3.09. The SMILES string of the molecule is CC(C)N1CCC(CNC(=O)c2ccc(N(C)C)cc2)CC1. The van der Waals surface area contributed by atoms with Crippen molar-refractivity contribution in [2.45, 2.75) is 32.7 Å². The Morgan fingerprint density at radius 3 is 2.32 bits per heavy atom. The molecule has 1 heterocycles. The number of hydrogen-bond acceptors (Lipinski definition) is 3. The molecule has 2 rings (SSSR count). The lowest BCUT2D eigenvalue weighted by molar-refractivity contribution is 0.0929. The predicted molar refractivity (Wildman–Crippen MR) is 92.5 cm³/mol. The summed E-state index contributed by atoms with van der Waals surface area (Å²) in [5.41, 5.74) is 1.85. The molecule has 1 N–H and O–H groups in total. The second kappa shape index (κ2) is 7.63. The average molecular weight is 303 g/mol. The van der Waals surface area contributed by atoms with E-state index in [0.717, 1.165) is 30.9 Å². The molecule has 4 heteroatoms. The maximum Gasteiger partial charge on any atom is 0.251 e. The predicted octanol–water partition coefficient (Wildman–Crippen LogP) is 2.60. The van der Waals surface area contributed by atoms with Crippen molar-refractivity contribution >= 4 is 11.6 Å². The molecule has 0 bridgehead atoms. The summed E-state index contributed by atoms with van der Waals surface area (Å²) in [5.74, 6) is 0.650. The second-order valence-electron chi connectivity index (χ2n) is 6.72. The van der Waals surface area contributed by atoms with Gasteiger partial charge in [0.2, 0.25) is 0 Å². The summed E-state index contributed by atoms with van der Waals surface area (Å²) in [4.78, 5) is 16.8. The van der Waals surface area contributed by atoms with E-state index in [1.165, 1.54) is 12.8 Å². The Morgan fingerprint density at radius 1 is 1.23 bits per heavy atom. The summed E-state index contributed by atoms with van der Waals surface area (Å²) in [6.07, 6.45) is 2.36. The van der Waals surface area contributed by atoms with E-state index in [4.69, 9.17) is 0 Å². The van der Waals surface area contributed by atoms with Crippen LogP contribution in [0.25, 0.3) is 0 Å². The van der Waals surface area contributed by atoms with Gasteiger partial charge in [0.25, 0.3) is 5.91 Å². The van der Waals surface area contributed by atoms with Crippen LogP contribution in [-0.4, -0.2) is 50.6 Å². The fourth-order valence-electron chi connectivity index (χ4n) is 2.92. The van der Waals surface area contributed by atoms with Gasteiger partial charge in [-0.3, -0.25) is 4.79 Å². The zero-order valence-corrected chi connectivity index (χ0v) is 14.3. The zero-order valence-electron chi connectivity index (χ0n) is 14.3. The molecular weight excluding hydrogens is 274 g/mol. The molecule has 0 atom stereocenters. The molecule has 1 fully saturated rings. The first kappa shape index (κ1) is 16.8. The van der Waals surface area contributed by atoms with Crippen molar-refractivity contribution in [3.63, 3.8) is 0 Å². The van der Waals surface area contributed by atoms with Crippen LogP contribution in [-0.2, 0) is 0 Å². The van der Waals surface area contributed by atoms with Crippen LogP contribution in [0, 0.1) is 5.92 Å². The number of piperidine rings is 1. The van der Waals surface area contributed by atoms with Crippen molar-refractivity contribution < 1.29 is 4.79 Å². The number of rotatable bonds is 5. The van der Waals surface area contributed by atoms with Gasteiger partial charge in [-0.15, -0.1) is 0 Å². The minimum atomic E-state index is 0.0385. The van der Waals surface area contributed by atoms with Gasteiger partial charge in [0.05, 0.1) is 0 Å². The number of carbonyl (C=O) groups excluding carboxylic acids is 1.